The van der Waals surface area contributed by atoms with Crippen LogP contribution in [-0.2, 0) is 13.5 Å². The second-order valence-electron chi connectivity index (χ2n) is 5.18. The smallest absolute Gasteiger partial charge is 0.0522 e. The average Bonchev–Trinajstić information content (AvgIpc) is 2.81. The molecule has 1 heterocycles. The van der Waals surface area contributed by atoms with Crippen LogP contribution in [0.25, 0.3) is 0 Å². The first-order valence-electron chi connectivity index (χ1n) is 6.83. The fraction of sp³-hybridized carbons (Fsp3) is 0.769. The lowest BCUT2D eigenvalue weighted by Crippen LogP contribution is -2.39. The van der Waals surface area contributed by atoms with Crippen molar-refractivity contribution in [3.8, 4) is 0 Å². The first kappa shape index (κ1) is 13.9. The molecule has 2 rings (SSSR count). The maximum absolute atomic E-state index is 5.65. The van der Waals surface area contributed by atoms with E-state index in [1.54, 1.807) is 0 Å². The lowest BCUT2D eigenvalue weighted by molar-refractivity contribution is 0.513. The minimum Gasteiger partial charge on any atom is -0.276 e. The molecule has 4 nitrogen and oxygen atoms in total. The summed E-state index contributed by atoms with van der Waals surface area (Å²) in [7, 11) is 1.95. The highest BCUT2D eigenvalue weighted by Gasteiger charge is 2.16. The van der Waals surface area contributed by atoms with Crippen LogP contribution in [-0.4, -0.2) is 26.8 Å². The van der Waals surface area contributed by atoms with Crippen LogP contribution < -0.4 is 11.3 Å². The van der Waals surface area contributed by atoms with Gasteiger partial charge in [-0.25, -0.2) is 0 Å². The van der Waals surface area contributed by atoms with Gasteiger partial charge in [0.1, 0.15) is 0 Å². The molecule has 102 valence electrons. The molecule has 0 amide bonds. The van der Waals surface area contributed by atoms with Crippen molar-refractivity contribution in [2.75, 3.05) is 5.75 Å². The summed E-state index contributed by atoms with van der Waals surface area (Å²) in [5, 5.41) is 5.05. The molecule has 0 aliphatic heterocycles. The molecule has 1 unspecified atom stereocenters. The quantitative estimate of drug-likeness (QED) is 0.611. The molecule has 1 saturated carbocycles. The molecule has 0 spiro atoms. The normalized spacial score (nSPS) is 19.0. The van der Waals surface area contributed by atoms with Gasteiger partial charge in [0.25, 0.3) is 0 Å². The first-order chi connectivity index (χ1) is 8.78. The molecule has 0 aromatic carbocycles. The molecule has 1 aliphatic carbocycles. The molecule has 3 N–H and O–H groups in total. The maximum atomic E-state index is 5.65. The number of hydrogen-bond donors (Lipinski definition) is 2. The van der Waals surface area contributed by atoms with Crippen LogP contribution in [0.5, 0.6) is 0 Å². The van der Waals surface area contributed by atoms with Gasteiger partial charge in [-0.3, -0.25) is 16.0 Å². The third-order valence-electron chi connectivity index (χ3n) is 3.56. The van der Waals surface area contributed by atoms with Gasteiger partial charge in [-0.1, -0.05) is 19.3 Å². The third kappa shape index (κ3) is 4.30. The third-order valence-corrected chi connectivity index (χ3v) is 5.10. The molecule has 5 heteroatoms. The zero-order valence-electron chi connectivity index (χ0n) is 11.1. The van der Waals surface area contributed by atoms with Crippen molar-refractivity contribution in [1.82, 2.24) is 15.2 Å². The summed E-state index contributed by atoms with van der Waals surface area (Å²) in [6, 6.07) is 0.348. The van der Waals surface area contributed by atoms with Crippen molar-refractivity contribution in [2.45, 2.75) is 49.8 Å². The van der Waals surface area contributed by atoms with Gasteiger partial charge >= 0.3 is 0 Å². The van der Waals surface area contributed by atoms with Gasteiger partial charge in [0.2, 0.25) is 0 Å². The number of rotatable bonds is 6. The highest BCUT2D eigenvalue weighted by Crippen LogP contribution is 2.28. The summed E-state index contributed by atoms with van der Waals surface area (Å²) in [6.45, 7) is 0. The standard InChI is InChI=1S/C13H24N4S/c1-17-9-11(8-15-17)7-12(16-14)10-18-13-5-3-2-4-6-13/h8-9,12-13,16H,2-7,10,14H2,1H3. The summed E-state index contributed by atoms with van der Waals surface area (Å²) in [5.74, 6) is 6.75. The lowest BCUT2D eigenvalue weighted by atomic mass is 10.0. The van der Waals surface area contributed by atoms with Crippen molar-refractivity contribution in [3.05, 3.63) is 18.0 Å². The highest BCUT2D eigenvalue weighted by atomic mass is 32.2. The lowest BCUT2D eigenvalue weighted by Gasteiger charge is -2.23. The van der Waals surface area contributed by atoms with E-state index in [2.05, 4.69) is 28.5 Å². The molecule has 1 atom stereocenters. The molecule has 1 aromatic rings. The zero-order valence-corrected chi connectivity index (χ0v) is 12.0. The maximum Gasteiger partial charge on any atom is 0.0522 e. The Morgan fingerprint density at radius 2 is 2.28 bits per heavy atom. The van der Waals surface area contributed by atoms with E-state index in [4.69, 9.17) is 5.84 Å². The number of aryl methyl sites for hydroxylation is 1. The van der Waals surface area contributed by atoms with Crippen LogP contribution >= 0.6 is 11.8 Å². The Hall–Kier alpha value is -0.520. The molecule has 18 heavy (non-hydrogen) atoms. The number of thioether (sulfide) groups is 1. The van der Waals surface area contributed by atoms with E-state index in [1.165, 1.54) is 37.7 Å². The molecular weight excluding hydrogens is 244 g/mol. The Labute approximate surface area is 114 Å². The van der Waals surface area contributed by atoms with Gasteiger partial charge < -0.3 is 0 Å². The summed E-state index contributed by atoms with van der Waals surface area (Å²) in [6.07, 6.45) is 12.0. The van der Waals surface area contributed by atoms with Crippen LogP contribution in [0.2, 0.25) is 0 Å². The fourth-order valence-corrected chi connectivity index (χ4v) is 3.90. The van der Waals surface area contributed by atoms with Crippen LogP contribution in [0.1, 0.15) is 37.7 Å². The van der Waals surface area contributed by atoms with E-state index in [1.807, 2.05) is 17.9 Å². The predicted molar refractivity (Wildman–Crippen MR) is 77.4 cm³/mol. The Kier molecular flexibility index (Phi) is 5.53. The Morgan fingerprint density at radius 1 is 1.50 bits per heavy atom. The second-order valence-corrected chi connectivity index (χ2v) is 6.52. The van der Waals surface area contributed by atoms with Crippen molar-refractivity contribution in [3.63, 3.8) is 0 Å². The first-order valence-corrected chi connectivity index (χ1v) is 7.88. The topological polar surface area (TPSA) is 55.9 Å². The van der Waals surface area contributed by atoms with Crippen molar-refractivity contribution in [2.24, 2.45) is 12.9 Å². The van der Waals surface area contributed by atoms with Crippen LogP contribution in [0.4, 0.5) is 0 Å². The van der Waals surface area contributed by atoms with Gasteiger partial charge in [-0.05, 0) is 24.8 Å². The summed E-state index contributed by atoms with van der Waals surface area (Å²) in [5.41, 5.74) is 4.20. The van der Waals surface area contributed by atoms with E-state index in [9.17, 15) is 0 Å². The minimum absolute atomic E-state index is 0.348. The molecule has 1 aliphatic rings. The van der Waals surface area contributed by atoms with Crippen LogP contribution in [0.3, 0.4) is 0 Å². The zero-order chi connectivity index (χ0) is 12.8. The Morgan fingerprint density at radius 3 is 2.89 bits per heavy atom. The van der Waals surface area contributed by atoms with E-state index >= 15 is 0 Å². The van der Waals surface area contributed by atoms with Crippen molar-refractivity contribution in [1.29, 1.82) is 0 Å². The average molecular weight is 268 g/mol. The minimum atomic E-state index is 0.348. The van der Waals surface area contributed by atoms with E-state index < -0.39 is 0 Å². The molecular formula is C13H24N4S. The summed E-state index contributed by atoms with van der Waals surface area (Å²) < 4.78 is 1.84. The number of nitrogens with two attached hydrogens (primary N) is 1. The largest absolute Gasteiger partial charge is 0.276 e. The SMILES string of the molecule is Cn1cc(CC(CSC2CCCCC2)NN)cn1. The Bertz CT molecular complexity index is 347. The van der Waals surface area contributed by atoms with Gasteiger partial charge in [-0.2, -0.15) is 16.9 Å². The fourth-order valence-electron chi connectivity index (χ4n) is 2.51. The van der Waals surface area contributed by atoms with Crippen molar-refractivity contribution >= 4 is 11.8 Å². The van der Waals surface area contributed by atoms with Crippen LogP contribution in [0.15, 0.2) is 12.4 Å². The molecule has 0 bridgehead atoms. The molecule has 0 radical (unpaired) electrons. The number of nitrogens with zero attached hydrogens (tertiary/aromatic N) is 2. The van der Waals surface area contributed by atoms with Gasteiger partial charge in [0, 0.05) is 30.3 Å². The monoisotopic (exact) mass is 268 g/mol. The molecule has 1 aromatic heterocycles. The predicted octanol–water partition coefficient (Wildman–Crippen LogP) is 1.86. The molecule has 1 fully saturated rings. The number of nitrogens with one attached hydrogen (secondary N) is 1. The second kappa shape index (κ2) is 7.16. The van der Waals surface area contributed by atoms with Gasteiger partial charge in [-0.15, -0.1) is 0 Å². The van der Waals surface area contributed by atoms with Crippen molar-refractivity contribution < 1.29 is 0 Å². The van der Waals surface area contributed by atoms with E-state index in [-0.39, 0.29) is 0 Å². The van der Waals surface area contributed by atoms with Gasteiger partial charge in [0.15, 0.2) is 0 Å². The number of hydrogen-bond acceptors (Lipinski definition) is 4. The van der Waals surface area contributed by atoms with Gasteiger partial charge in [0.05, 0.1) is 6.20 Å². The highest BCUT2D eigenvalue weighted by molar-refractivity contribution is 7.99. The summed E-state index contributed by atoms with van der Waals surface area (Å²) in [4.78, 5) is 0. The number of aromatic nitrogens is 2. The van der Waals surface area contributed by atoms with Crippen LogP contribution in [0, 0.1) is 0 Å². The molecule has 0 saturated heterocycles. The Balaban J connectivity index is 1.74. The van der Waals surface area contributed by atoms with E-state index in [0.29, 0.717) is 6.04 Å². The number of hydrazine groups is 1. The summed E-state index contributed by atoms with van der Waals surface area (Å²) >= 11 is 2.09. The van der Waals surface area contributed by atoms with E-state index in [0.717, 1.165) is 17.4 Å².